The summed E-state index contributed by atoms with van der Waals surface area (Å²) in [6, 6.07) is 5.11. The van der Waals surface area contributed by atoms with Gasteiger partial charge in [-0.1, -0.05) is 16.8 Å². The molecule has 0 unspecified atom stereocenters. The van der Waals surface area contributed by atoms with Crippen LogP contribution in [0.15, 0.2) is 34.9 Å². The fourth-order valence-electron chi connectivity index (χ4n) is 2.31. The molecule has 5 nitrogen and oxygen atoms in total. The number of halogens is 5. The molecule has 27 heavy (non-hydrogen) atoms. The third-order valence-electron chi connectivity index (χ3n) is 3.60. The highest BCUT2D eigenvalue weighted by molar-refractivity contribution is 6.32. The first-order valence-electron chi connectivity index (χ1n) is 7.38. The van der Waals surface area contributed by atoms with Gasteiger partial charge in [0.05, 0.1) is 24.1 Å². The number of alkyl halides is 3. The van der Waals surface area contributed by atoms with Crippen LogP contribution in [-0.4, -0.2) is 18.2 Å². The van der Waals surface area contributed by atoms with Crippen molar-refractivity contribution in [1.29, 1.82) is 0 Å². The van der Waals surface area contributed by atoms with E-state index in [1.54, 1.807) is 0 Å². The standard InChI is InChI=1S/C17H10ClF4NO4/c1-25-15(24)7-13-10-6-9(2-3-14(10)27-23-13)26-16-11(18)4-8(5-12(16)19)17(20,21)22/h2-6H,7H2,1H3. The second-order valence-corrected chi connectivity index (χ2v) is 5.82. The van der Waals surface area contributed by atoms with Gasteiger partial charge >= 0.3 is 12.1 Å². The van der Waals surface area contributed by atoms with Crippen LogP contribution in [0.5, 0.6) is 11.5 Å². The number of hydrogen-bond donors (Lipinski definition) is 0. The predicted octanol–water partition coefficient (Wildman–Crippen LogP) is 5.15. The van der Waals surface area contributed by atoms with Crippen molar-refractivity contribution in [3.63, 3.8) is 0 Å². The fourth-order valence-corrected chi connectivity index (χ4v) is 2.55. The maximum atomic E-state index is 14.1. The number of benzene rings is 2. The molecular weight excluding hydrogens is 394 g/mol. The summed E-state index contributed by atoms with van der Waals surface area (Å²) < 4.78 is 67.1. The topological polar surface area (TPSA) is 61.6 Å². The van der Waals surface area contributed by atoms with Crippen LogP contribution < -0.4 is 4.74 Å². The molecule has 10 heteroatoms. The van der Waals surface area contributed by atoms with E-state index in [2.05, 4.69) is 9.89 Å². The summed E-state index contributed by atoms with van der Waals surface area (Å²) in [5, 5.41) is 3.61. The van der Waals surface area contributed by atoms with Crippen molar-refractivity contribution in [3.8, 4) is 11.5 Å². The molecular formula is C17H10ClF4NO4. The van der Waals surface area contributed by atoms with Crippen molar-refractivity contribution in [2.45, 2.75) is 12.6 Å². The molecule has 0 radical (unpaired) electrons. The Hall–Kier alpha value is -2.81. The van der Waals surface area contributed by atoms with Gasteiger partial charge < -0.3 is 14.0 Å². The largest absolute Gasteiger partial charge is 0.469 e. The van der Waals surface area contributed by atoms with Crippen LogP contribution in [0.25, 0.3) is 11.0 Å². The summed E-state index contributed by atoms with van der Waals surface area (Å²) in [6.45, 7) is 0. The zero-order chi connectivity index (χ0) is 19.8. The summed E-state index contributed by atoms with van der Waals surface area (Å²) in [5.74, 6) is -2.31. The van der Waals surface area contributed by atoms with E-state index in [1.807, 2.05) is 0 Å². The van der Waals surface area contributed by atoms with Crippen LogP contribution in [-0.2, 0) is 22.1 Å². The Morgan fingerprint density at radius 2 is 2.00 bits per heavy atom. The van der Waals surface area contributed by atoms with E-state index >= 15 is 0 Å². The van der Waals surface area contributed by atoms with E-state index < -0.39 is 34.3 Å². The monoisotopic (exact) mass is 403 g/mol. The molecule has 0 aliphatic rings. The Kier molecular flexibility index (Phi) is 4.97. The third kappa shape index (κ3) is 3.97. The minimum absolute atomic E-state index is 0.0670. The third-order valence-corrected chi connectivity index (χ3v) is 3.88. The van der Waals surface area contributed by atoms with Crippen molar-refractivity contribution in [2.75, 3.05) is 7.11 Å². The number of carbonyl (C=O) groups excluding carboxylic acids is 1. The van der Waals surface area contributed by atoms with Gasteiger partial charge in [0, 0.05) is 5.39 Å². The summed E-state index contributed by atoms with van der Waals surface area (Å²) in [4.78, 5) is 11.4. The van der Waals surface area contributed by atoms with Crippen molar-refractivity contribution in [2.24, 2.45) is 0 Å². The van der Waals surface area contributed by atoms with Crippen molar-refractivity contribution >= 4 is 28.5 Å². The molecule has 2 aromatic carbocycles. The fraction of sp³-hybridized carbons (Fsp3) is 0.176. The summed E-state index contributed by atoms with van der Waals surface area (Å²) in [5.41, 5.74) is -0.631. The number of hydrogen-bond acceptors (Lipinski definition) is 5. The minimum Gasteiger partial charge on any atom is -0.469 e. The zero-order valence-corrected chi connectivity index (χ0v) is 14.3. The number of methoxy groups -OCH3 is 1. The Labute approximate surface area is 154 Å². The van der Waals surface area contributed by atoms with Gasteiger partial charge in [-0.3, -0.25) is 4.79 Å². The second kappa shape index (κ2) is 7.07. The minimum atomic E-state index is -4.74. The molecule has 0 fully saturated rings. The highest BCUT2D eigenvalue weighted by atomic mass is 35.5. The maximum absolute atomic E-state index is 14.1. The van der Waals surface area contributed by atoms with Gasteiger partial charge in [0.1, 0.15) is 11.4 Å². The Morgan fingerprint density at radius 1 is 1.26 bits per heavy atom. The summed E-state index contributed by atoms with van der Waals surface area (Å²) in [7, 11) is 1.22. The second-order valence-electron chi connectivity index (χ2n) is 5.41. The highest BCUT2D eigenvalue weighted by Gasteiger charge is 2.32. The van der Waals surface area contributed by atoms with Gasteiger partial charge in [0.25, 0.3) is 0 Å². The van der Waals surface area contributed by atoms with Crippen LogP contribution in [0, 0.1) is 5.82 Å². The Morgan fingerprint density at radius 3 is 2.63 bits per heavy atom. The first-order chi connectivity index (χ1) is 12.7. The summed E-state index contributed by atoms with van der Waals surface area (Å²) >= 11 is 5.75. The van der Waals surface area contributed by atoms with Crippen molar-refractivity contribution in [1.82, 2.24) is 5.16 Å². The molecule has 0 spiro atoms. The average molecular weight is 404 g/mol. The molecule has 0 amide bonds. The lowest BCUT2D eigenvalue weighted by atomic mass is 10.1. The van der Waals surface area contributed by atoms with E-state index in [-0.39, 0.29) is 17.9 Å². The van der Waals surface area contributed by atoms with Crippen LogP contribution in [0.3, 0.4) is 0 Å². The lowest BCUT2D eigenvalue weighted by Gasteiger charge is -2.12. The molecule has 1 heterocycles. The first-order valence-corrected chi connectivity index (χ1v) is 7.76. The number of nitrogens with zero attached hydrogens (tertiary/aromatic N) is 1. The van der Waals surface area contributed by atoms with Gasteiger partial charge in [0.2, 0.25) is 0 Å². The highest BCUT2D eigenvalue weighted by Crippen LogP contribution is 2.39. The van der Waals surface area contributed by atoms with Crippen LogP contribution in [0.4, 0.5) is 17.6 Å². The number of fused-ring (bicyclic) bond motifs is 1. The van der Waals surface area contributed by atoms with E-state index in [0.29, 0.717) is 23.1 Å². The van der Waals surface area contributed by atoms with E-state index in [9.17, 15) is 22.4 Å². The van der Waals surface area contributed by atoms with Gasteiger partial charge in [0.15, 0.2) is 17.1 Å². The Balaban J connectivity index is 1.95. The van der Waals surface area contributed by atoms with E-state index in [1.165, 1.54) is 25.3 Å². The molecule has 1 aromatic heterocycles. The zero-order valence-electron chi connectivity index (χ0n) is 13.6. The molecule has 0 aliphatic heterocycles. The number of aromatic nitrogens is 1. The number of ether oxygens (including phenoxy) is 2. The van der Waals surface area contributed by atoms with Crippen LogP contribution in [0.2, 0.25) is 5.02 Å². The van der Waals surface area contributed by atoms with Crippen molar-refractivity contribution in [3.05, 3.63) is 52.4 Å². The maximum Gasteiger partial charge on any atom is 0.416 e. The number of esters is 1. The van der Waals surface area contributed by atoms with Gasteiger partial charge in [-0.05, 0) is 30.3 Å². The summed E-state index contributed by atoms with van der Waals surface area (Å²) in [6.07, 6.45) is -4.91. The SMILES string of the molecule is COC(=O)Cc1noc2ccc(Oc3c(F)cc(C(F)(F)F)cc3Cl)cc12. The molecule has 0 aliphatic carbocycles. The van der Waals surface area contributed by atoms with Gasteiger partial charge in [-0.25, -0.2) is 4.39 Å². The van der Waals surface area contributed by atoms with Gasteiger partial charge in [-0.15, -0.1) is 0 Å². The molecule has 0 saturated heterocycles. The van der Waals surface area contributed by atoms with Crippen LogP contribution in [0.1, 0.15) is 11.3 Å². The van der Waals surface area contributed by atoms with E-state index in [0.717, 1.165) is 0 Å². The predicted molar refractivity (Wildman–Crippen MR) is 86.2 cm³/mol. The quantitative estimate of drug-likeness (QED) is 0.445. The van der Waals surface area contributed by atoms with E-state index in [4.69, 9.17) is 20.9 Å². The molecule has 3 aromatic rings. The molecule has 3 rings (SSSR count). The average Bonchev–Trinajstić information content (AvgIpc) is 2.99. The number of carbonyl (C=O) groups is 1. The van der Waals surface area contributed by atoms with Gasteiger partial charge in [-0.2, -0.15) is 13.2 Å². The molecule has 0 bridgehead atoms. The molecule has 0 N–H and O–H groups in total. The number of rotatable bonds is 4. The Bertz CT molecular complexity index is 993. The molecule has 0 saturated carbocycles. The lowest BCUT2D eigenvalue weighted by molar-refractivity contribution is -0.140. The molecule has 0 atom stereocenters. The normalized spacial score (nSPS) is 11.6. The first kappa shape index (κ1) is 19.0. The van der Waals surface area contributed by atoms with Crippen LogP contribution >= 0.6 is 11.6 Å². The lowest BCUT2D eigenvalue weighted by Crippen LogP contribution is -2.06. The molecule has 142 valence electrons. The van der Waals surface area contributed by atoms with Crippen molar-refractivity contribution < 1.29 is 36.4 Å². The smallest absolute Gasteiger partial charge is 0.416 e.